The van der Waals surface area contributed by atoms with Gasteiger partial charge in [-0.15, -0.1) is 0 Å². The van der Waals surface area contributed by atoms with Gasteiger partial charge < -0.3 is 15.0 Å². The quantitative estimate of drug-likeness (QED) is 0.890. The van der Waals surface area contributed by atoms with E-state index < -0.39 is 0 Å². The topological polar surface area (TPSA) is 53.1 Å². The van der Waals surface area contributed by atoms with Gasteiger partial charge in [-0.2, -0.15) is 11.8 Å². The molecule has 2 fully saturated rings. The van der Waals surface area contributed by atoms with Crippen LogP contribution in [0.25, 0.3) is 0 Å². The van der Waals surface area contributed by atoms with Crippen LogP contribution < -0.4 is 5.73 Å². The Balaban J connectivity index is 1.77. The van der Waals surface area contributed by atoms with E-state index >= 15 is 0 Å². The summed E-state index contributed by atoms with van der Waals surface area (Å²) in [6.45, 7) is 1.39. The zero-order chi connectivity index (χ0) is 12.4. The monoisotopic (exact) mass is 267 g/mol. The molecule has 1 aromatic heterocycles. The van der Waals surface area contributed by atoms with Crippen molar-refractivity contribution >= 4 is 11.8 Å². The highest BCUT2D eigenvalue weighted by Crippen LogP contribution is 2.41. The van der Waals surface area contributed by atoms with Crippen LogP contribution in [0.1, 0.15) is 37.5 Å². The Bertz CT molecular complexity index is 395. The van der Waals surface area contributed by atoms with Crippen molar-refractivity contribution in [3.8, 4) is 0 Å². The van der Waals surface area contributed by atoms with Crippen molar-refractivity contribution in [3.05, 3.63) is 18.2 Å². The molecule has 18 heavy (non-hydrogen) atoms. The van der Waals surface area contributed by atoms with Gasteiger partial charge >= 0.3 is 0 Å². The van der Waals surface area contributed by atoms with Crippen LogP contribution in [0.3, 0.4) is 0 Å². The maximum absolute atomic E-state index is 6.13. The maximum atomic E-state index is 6.13. The first-order valence-corrected chi connectivity index (χ1v) is 7.92. The van der Waals surface area contributed by atoms with Crippen LogP contribution >= 0.6 is 11.8 Å². The lowest BCUT2D eigenvalue weighted by molar-refractivity contribution is -0.0991. The fraction of sp³-hybridized carbons (Fsp3) is 0.769. The summed E-state index contributed by atoms with van der Waals surface area (Å²) in [6.07, 6.45) is 8.53. The first kappa shape index (κ1) is 12.5. The number of hydrogen-bond donors (Lipinski definition) is 1. The summed E-state index contributed by atoms with van der Waals surface area (Å²) in [7, 11) is 0. The second-order valence-corrected chi connectivity index (χ2v) is 6.47. The number of ether oxygens (including phenoxy) is 1. The van der Waals surface area contributed by atoms with Crippen LogP contribution in [0.5, 0.6) is 0 Å². The summed E-state index contributed by atoms with van der Waals surface area (Å²) in [6, 6.07) is 0.517. The molecular formula is C13H21N3OS. The van der Waals surface area contributed by atoms with Gasteiger partial charge in [-0.05, 0) is 37.2 Å². The number of aromatic nitrogens is 2. The van der Waals surface area contributed by atoms with Crippen LogP contribution in [0.2, 0.25) is 0 Å². The van der Waals surface area contributed by atoms with E-state index in [1.165, 1.54) is 24.3 Å². The van der Waals surface area contributed by atoms with E-state index in [-0.39, 0.29) is 5.60 Å². The molecule has 0 aromatic carbocycles. The van der Waals surface area contributed by atoms with E-state index in [1.54, 1.807) is 0 Å². The second-order valence-electron chi connectivity index (χ2n) is 5.25. The van der Waals surface area contributed by atoms with E-state index in [0.29, 0.717) is 12.6 Å². The molecule has 0 radical (unpaired) electrons. The third-order valence-electron chi connectivity index (χ3n) is 4.20. The standard InChI is InChI=1S/C13H21N3OS/c14-10-12-15-4-5-16(12)11-1-6-17-13(9-11)2-7-18-8-3-13/h4-5,11H,1-3,6-10,14H2. The van der Waals surface area contributed by atoms with Crippen molar-refractivity contribution in [2.75, 3.05) is 18.1 Å². The van der Waals surface area contributed by atoms with Gasteiger partial charge in [0.25, 0.3) is 0 Å². The average Bonchev–Trinajstić information content (AvgIpc) is 2.88. The van der Waals surface area contributed by atoms with E-state index in [9.17, 15) is 0 Å². The average molecular weight is 267 g/mol. The highest BCUT2D eigenvalue weighted by atomic mass is 32.2. The van der Waals surface area contributed by atoms with Crippen molar-refractivity contribution in [3.63, 3.8) is 0 Å². The molecule has 2 aliphatic heterocycles. The minimum absolute atomic E-state index is 0.129. The molecule has 2 saturated heterocycles. The summed E-state index contributed by atoms with van der Waals surface area (Å²) in [4.78, 5) is 4.34. The first-order chi connectivity index (χ1) is 8.83. The number of nitrogens with two attached hydrogens (primary N) is 1. The Hall–Kier alpha value is -0.520. The Kier molecular flexibility index (Phi) is 3.63. The number of nitrogens with zero attached hydrogens (tertiary/aromatic N) is 2. The first-order valence-electron chi connectivity index (χ1n) is 6.76. The van der Waals surface area contributed by atoms with Crippen LogP contribution in [0, 0.1) is 0 Å². The van der Waals surface area contributed by atoms with Crippen molar-refractivity contribution in [2.24, 2.45) is 5.73 Å². The Morgan fingerprint density at radius 3 is 3.11 bits per heavy atom. The van der Waals surface area contributed by atoms with Crippen LogP contribution in [0.15, 0.2) is 12.4 Å². The second kappa shape index (κ2) is 5.23. The zero-order valence-corrected chi connectivity index (χ0v) is 11.5. The number of rotatable bonds is 2. The summed E-state index contributed by atoms with van der Waals surface area (Å²) < 4.78 is 8.40. The third kappa shape index (κ3) is 2.31. The fourth-order valence-electron chi connectivity index (χ4n) is 3.17. The Morgan fingerprint density at radius 1 is 1.50 bits per heavy atom. The lowest BCUT2D eigenvalue weighted by Crippen LogP contribution is -2.43. The summed E-state index contributed by atoms with van der Waals surface area (Å²) >= 11 is 2.05. The molecule has 0 bridgehead atoms. The molecule has 1 spiro atoms. The molecule has 0 aliphatic carbocycles. The SMILES string of the molecule is NCc1nccn1C1CCOC2(CCSCC2)C1. The number of imidazole rings is 1. The van der Waals surface area contributed by atoms with Gasteiger partial charge in [-0.3, -0.25) is 0 Å². The molecule has 1 atom stereocenters. The minimum Gasteiger partial charge on any atom is -0.375 e. The Labute approximate surface area is 112 Å². The van der Waals surface area contributed by atoms with Crippen molar-refractivity contribution in [1.29, 1.82) is 0 Å². The summed E-state index contributed by atoms with van der Waals surface area (Å²) in [5.74, 6) is 3.48. The predicted octanol–water partition coefficient (Wildman–Crippen LogP) is 1.96. The number of thioether (sulfide) groups is 1. The highest BCUT2D eigenvalue weighted by molar-refractivity contribution is 7.99. The van der Waals surface area contributed by atoms with Gasteiger partial charge in [0.1, 0.15) is 5.82 Å². The fourth-order valence-corrected chi connectivity index (χ4v) is 4.40. The summed E-state index contributed by atoms with van der Waals surface area (Å²) in [5.41, 5.74) is 5.88. The largest absolute Gasteiger partial charge is 0.375 e. The minimum atomic E-state index is 0.129. The van der Waals surface area contributed by atoms with Gasteiger partial charge in [0.05, 0.1) is 12.1 Å². The predicted molar refractivity (Wildman–Crippen MR) is 73.6 cm³/mol. The molecule has 2 N–H and O–H groups in total. The van der Waals surface area contributed by atoms with Gasteiger partial charge in [0.2, 0.25) is 0 Å². The Morgan fingerprint density at radius 2 is 2.33 bits per heavy atom. The zero-order valence-electron chi connectivity index (χ0n) is 10.7. The van der Waals surface area contributed by atoms with Crippen molar-refractivity contribution < 1.29 is 4.74 Å². The lowest BCUT2D eigenvalue weighted by Gasteiger charge is -2.43. The lowest BCUT2D eigenvalue weighted by atomic mass is 9.85. The molecule has 100 valence electrons. The molecule has 5 heteroatoms. The maximum Gasteiger partial charge on any atom is 0.122 e. The molecule has 3 rings (SSSR count). The highest BCUT2D eigenvalue weighted by Gasteiger charge is 2.39. The summed E-state index contributed by atoms with van der Waals surface area (Å²) in [5, 5.41) is 0. The van der Waals surface area contributed by atoms with E-state index in [4.69, 9.17) is 10.5 Å². The van der Waals surface area contributed by atoms with Gasteiger partial charge in [-0.25, -0.2) is 4.98 Å². The molecule has 4 nitrogen and oxygen atoms in total. The molecular weight excluding hydrogens is 246 g/mol. The van der Waals surface area contributed by atoms with E-state index in [2.05, 4.69) is 15.7 Å². The van der Waals surface area contributed by atoms with E-state index in [1.807, 2.05) is 18.0 Å². The third-order valence-corrected chi connectivity index (χ3v) is 5.18. The molecule has 0 amide bonds. The normalized spacial score (nSPS) is 27.5. The molecule has 0 saturated carbocycles. The van der Waals surface area contributed by atoms with Gasteiger partial charge in [0.15, 0.2) is 0 Å². The van der Waals surface area contributed by atoms with Crippen molar-refractivity contribution in [2.45, 2.75) is 43.9 Å². The smallest absolute Gasteiger partial charge is 0.122 e. The molecule has 1 aromatic rings. The van der Waals surface area contributed by atoms with Crippen LogP contribution in [0.4, 0.5) is 0 Å². The van der Waals surface area contributed by atoms with Crippen LogP contribution in [-0.4, -0.2) is 33.3 Å². The van der Waals surface area contributed by atoms with Crippen molar-refractivity contribution in [1.82, 2.24) is 9.55 Å². The molecule has 1 unspecified atom stereocenters. The molecule has 3 heterocycles. The molecule has 2 aliphatic rings. The van der Waals surface area contributed by atoms with E-state index in [0.717, 1.165) is 25.3 Å². The van der Waals surface area contributed by atoms with Gasteiger partial charge in [0, 0.05) is 25.0 Å². The van der Waals surface area contributed by atoms with Crippen LogP contribution in [-0.2, 0) is 11.3 Å². The van der Waals surface area contributed by atoms with Gasteiger partial charge in [-0.1, -0.05) is 0 Å². The number of hydrogen-bond acceptors (Lipinski definition) is 4.